The largest absolute Gasteiger partial charge is 0.474 e. The number of nitrogens with one attached hydrogen (secondary N) is 1. The predicted octanol–water partition coefficient (Wildman–Crippen LogP) is 0.857. The first-order chi connectivity index (χ1) is 11.7. The monoisotopic (exact) mass is 330 g/mol. The molecule has 1 aliphatic rings. The fraction of sp³-hybridized carbons (Fsp3) is 0.375. The summed E-state index contributed by atoms with van der Waals surface area (Å²) < 4.78 is 10.8. The Labute approximate surface area is 138 Å². The molecule has 0 radical (unpaired) electrons. The van der Waals surface area contributed by atoms with E-state index in [-0.39, 0.29) is 23.6 Å². The van der Waals surface area contributed by atoms with Gasteiger partial charge in [-0.05, 0) is 6.07 Å². The highest BCUT2D eigenvalue weighted by molar-refractivity contribution is 5.93. The van der Waals surface area contributed by atoms with Crippen molar-refractivity contribution >= 4 is 5.91 Å². The molecule has 1 fully saturated rings. The van der Waals surface area contributed by atoms with Crippen LogP contribution in [0.2, 0.25) is 0 Å². The van der Waals surface area contributed by atoms with Crippen molar-refractivity contribution in [3.63, 3.8) is 0 Å². The topological polar surface area (TPSA) is 97.4 Å². The van der Waals surface area contributed by atoms with Crippen LogP contribution in [0.5, 0.6) is 11.9 Å². The van der Waals surface area contributed by atoms with Crippen molar-refractivity contribution in [3.05, 3.63) is 46.5 Å². The molecule has 3 rings (SSSR count). The van der Waals surface area contributed by atoms with Gasteiger partial charge in [-0.25, -0.2) is 4.98 Å². The zero-order valence-corrected chi connectivity index (χ0v) is 13.3. The summed E-state index contributed by atoms with van der Waals surface area (Å²) in [6, 6.07) is 4.83. The third kappa shape index (κ3) is 3.70. The third-order valence-electron chi connectivity index (χ3n) is 3.84. The maximum Gasteiger partial charge on any atom is 0.319 e. The van der Waals surface area contributed by atoms with E-state index in [9.17, 15) is 9.59 Å². The number of nitrogens with zero attached hydrogens (tertiary/aromatic N) is 3. The van der Waals surface area contributed by atoms with Crippen molar-refractivity contribution in [2.75, 3.05) is 20.2 Å². The summed E-state index contributed by atoms with van der Waals surface area (Å²) in [4.78, 5) is 35.8. The van der Waals surface area contributed by atoms with Crippen LogP contribution in [0.25, 0.3) is 0 Å². The number of pyridine rings is 1. The van der Waals surface area contributed by atoms with E-state index in [4.69, 9.17) is 9.47 Å². The van der Waals surface area contributed by atoms with Crippen molar-refractivity contribution in [1.82, 2.24) is 19.9 Å². The first kappa shape index (κ1) is 16.0. The molecule has 1 N–H and O–H groups in total. The molecule has 0 spiro atoms. The van der Waals surface area contributed by atoms with Crippen LogP contribution in [0.3, 0.4) is 0 Å². The van der Waals surface area contributed by atoms with E-state index in [1.54, 1.807) is 17.2 Å². The molecular formula is C16H18N4O4. The van der Waals surface area contributed by atoms with Gasteiger partial charge in [0, 0.05) is 50.5 Å². The average molecular weight is 330 g/mol. The van der Waals surface area contributed by atoms with Crippen LogP contribution in [-0.2, 0) is 0 Å². The molecule has 1 saturated heterocycles. The zero-order chi connectivity index (χ0) is 16.9. The van der Waals surface area contributed by atoms with Crippen molar-refractivity contribution in [3.8, 4) is 11.9 Å². The number of hydrogen-bond acceptors (Lipinski definition) is 6. The van der Waals surface area contributed by atoms with E-state index in [0.29, 0.717) is 37.4 Å². The highest BCUT2D eigenvalue weighted by Crippen LogP contribution is 2.19. The van der Waals surface area contributed by atoms with Gasteiger partial charge in [0.15, 0.2) is 0 Å². The van der Waals surface area contributed by atoms with E-state index in [0.717, 1.165) is 0 Å². The Morgan fingerprint density at radius 3 is 2.75 bits per heavy atom. The first-order valence-corrected chi connectivity index (χ1v) is 7.67. The van der Waals surface area contributed by atoms with Crippen molar-refractivity contribution < 1.29 is 14.3 Å². The molecule has 8 heteroatoms. The lowest BCUT2D eigenvalue weighted by Gasteiger charge is -2.31. The smallest absolute Gasteiger partial charge is 0.319 e. The van der Waals surface area contributed by atoms with Gasteiger partial charge in [0.25, 0.3) is 5.91 Å². The number of carbonyl (C=O) groups excluding carboxylic acids is 1. The van der Waals surface area contributed by atoms with E-state index < -0.39 is 0 Å². The van der Waals surface area contributed by atoms with Gasteiger partial charge in [-0.2, -0.15) is 4.98 Å². The molecule has 2 aromatic rings. The van der Waals surface area contributed by atoms with Crippen LogP contribution in [-0.4, -0.2) is 52.1 Å². The normalized spacial score (nSPS) is 15.1. The van der Waals surface area contributed by atoms with E-state index in [2.05, 4.69) is 15.0 Å². The molecule has 0 unspecified atom stereocenters. The number of ether oxygens (including phenoxy) is 2. The standard InChI is InChI=1S/C16H18N4O4/c1-23-16-17-7-4-14(19-16)24-12-5-8-20(9-6-12)15(22)11-2-3-13(21)18-10-11/h2-4,7,10,12H,5-6,8-9H2,1H3,(H,18,21). The molecule has 0 aliphatic carbocycles. The lowest BCUT2D eigenvalue weighted by atomic mass is 10.1. The molecule has 3 heterocycles. The Hall–Kier alpha value is -2.90. The maximum atomic E-state index is 12.4. The number of likely N-dealkylation sites (tertiary alicyclic amines) is 1. The van der Waals surface area contributed by atoms with Gasteiger partial charge in [0.1, 0.15) is 6.10 Å². The molecule has 1 amide bonds. The second kappa shape index (κ2) is 7.12. The lowest BCUT2D eigenvalue weighted by Crippen LogP contribution is -2.42. The minimum atomic E-state index is -0.223. The number of amides is 1. The summed E-state index contributed by atoms with van der Waals surface area (Å²) in [7, 11) is 1.50. The molecule has 0 aromatic carbocycles. The van der Waals surface area contributed by atoms with Crippen molar-refractivity contribution in [2.45, 2.75) is 18.9 Å². The van der Waals surface area contributed by atoms with E-state index >= 15 is 0 Å². The highest BCUT2D eigenvalue weighted by Gasteiger charge is 2.25. The number of hydrogen-bond donors (Lipinski definition) is 1. The predicted molar refractivity (Wildman–Crippen MR) is 85.2 cm³/mol. The molecular weight excluding hydrogens is 312 g/mol. The van der Waals surface area contributed by atoms with Crippen LogP contribution >= 0.6 is 0 Å². The van der Waals surface area contributed by atoms with Gasteiger partial charge in [-0.15, -0.1) is 0 Å². The summed E-state index contributed by atoms with van der Waals surface area (Å²) in [6.45, 7) is 1.18. The van der Waals surface area contributed by atoms with Crippen LogP contribution < -0.4 is 15.0 Å². The SMILES string of the molecule is COc1nccc(OC2CCN(C(=O)c3ccc(=O)[nH]c3)CC2)n1. The third-order valence-corrected chi connectivity index (χ3v) is 3.84. The second-order valence-electron chi connectivity index (χ2n) is 5.43. The van der Waals surface area contributed by atoms with Gasteiger partial charge in [-0.3, -0.25) is 9.59 Å². The molecule has 0 bridgehead atoms. The Morgan fingerprint density at radius 2 is 2.08 bits per heavy atom. The minimum absolute atomic E-state index is 0.00997. The number of methoxy groups -OCH3 is 1. The van der Waals surface area contributed by atoms with Crippen LogP contribution in [0.15, 0.2) is 35.4 Å². The fourth-order valence-corrected chi connectivity index (χ4v) is 2.56. The van der Waals surface area contributed by atoms with Gasteiger partial charge in [0.2, 0.25) is 11.4 Å². The quantitative estimate of drug-likeness (QED) is 0.893. The Morgan fingerprint density at radius 1 is 1.29 bits per heavy atom. The summed E-state index contributed by atoms with van der Waals surface area (Å²) in [6.07, 6.45) is 4.43. The van der Waals surface area contributed by atoms with Crippen LogP contribution in [0, 0.1) is 0 Å². The molecule has 0 saturated carbocycles. The Balaban J connectivity index is 1.56. The summed E-state index contributed by atoms with van der Waals surface area (Å²) >= 11 is 0. The average Bonchev–Trinajstić information content (AvgIpc) is 2.62. The number of aromatic nitrogens is 3. The van der Waals surface area contributed by atoms with Gasteiger partial charge in [-0.1, -0.05) is 0 Å². The second-order valence-corrected chi connectivity index (χ2v) is 5.43. The fourth-order valence-electron chi connectivity index (χ4n) is 2.56. The lowest BCUT2D eigenvalue weighted by molar-refractivity contribution is 0.0586. The summed E-state index contributed by atoms with van der Waals surface area (Å²) in [5.41, 5.74) is 0.258. The van der Waals surface area contributed by atoms with Gasteiger partial charge < -0.3 is 19.4 Å². The van der Waals surface area contributed by atoms with E-state index in [1.807, 2.05) is 0 Å². The first-order valence-electron chi connectivity index (χ1n) is 7.67. The molecule has 1 aliphatic heterocycles. The van der Waals surface area contributed by atoms with Crippen LogP contribution in [0.1, 0.15) is 23.2 Å². The van der Waals surface area contributed by atoms with Crippen molar-refractivity contribution in [1.29, 1.82) is 0 Å². The number of carbonyl (C=O) groups is 1. The van der Waals surface area contributed by atoms with Gasteiger partial charge in [0.05, 0.1) is 12.7 Å². The molecule has 0 atom stereocenters. The number of piperidine rings is 1. The Bertz CT molecular complexity index is 748. The molecule has 126 valence electrons. The minimum Gasteiger partial charge on any atom is -0.474 e. The number of H-pyrrole nitrogens is 1. The summed E-state index contributed by atoms with van der Waals surface area (Å²) in [5.74, 6) is 0.376. The molecule has 8 nitrogen and oxygen atoms in total. The number of aromatic amines is 1. The zero-order valence-electron chi connectivity index (χ0n) is 13.3. The highest BCUT2D eigenvalue weighted by atomic mass is 16.5. The number of rotatable bonds is 4. The van der Waals surface area contributed by atoms with Crippen LogP contribution in [0.4, 0.5) is 0 Å². The van der Waals surface area contributed by atoms with Gasteiger partial charge >= 0.3 is 6.01 Å². The van der Waals surface area contributed by atoms with E-state index in [1.165, 1.54) is 25.4 Å². The molecule has 2 aromatic heterocycles. The van der Waals surface area contributed by atoms with Crippen molar-refractivity contribution in [2.24, 2.45) is 0 Å². The summed E-state index contributed by atoms with van der Waals surface area (Å²) in [5, 5.41) is 0. The maximum absolute atomic E-state index is 12.4. The Kier molecular flexibility index (Phi) is 4.74. The molecule has 24 heavy (non-hydrogen) atoms.